The average Bonchev–Trinajstić information content (AvgIpc) is 2.76. The quantitative estimate of drug-likeness (QED) is 0.944. The molecular weight excluding hydrogens is 299 g/mol. The van der Waals surface area contributed by atoms with Gasteiger partial charge in [-0.2, -0.15) is 0 Å². The molecule has 2 rings (SSSR count). The van der Waals surface area contributed by atoms with Gasteiger partial charge in [-0.3, -0.25) is 4.79 Å². The summed E-state index contributed by atoms with van der Waals surface area (Å²) in [6.45, 7) is 4.70. The Bertz CT molecular complexity index is 639. The minimum absolute atomic E-state index is 0.217. The number of halogens is 2. The zero-order valence-corrected chi connectivity index (χ0v) is 12.7. The molecular formula is C13H14Cl2N4O. The van der Waals surface area contributed by atoms with Gasteiger partial charge in [-0.05, 0) is 31.5 Å². The summed E-state index contributed by atoms with van der Waals surface area (Å²) in [4.78, 5) is 11.8. The first-order valence-corrected chi connectivity index (χ1v) is 6.90. The maximum atomic E-state index is 11.8. The first-order chi connectivity index (χ1) is 9.52. The summed E-state index contributed by atoms with van der Waals surface area (Å²) in [5, 5.41) is 11.6. The molecule has 1 aromatic heterocycles. The number of carbonyl (C=O) groups excluding carboxylic acids is 1. The number of nitrogens with zero attached hydrogens (tertiary/aromatic N) is 3. The fourth-order valence-electron chi connectivity index (χ4n) is 1.78. The molecule has 0 fully saturated rings. The van der Waals surface area contributed by atoms with Gasteiger partial charge in [0, 0.05) is 6.54 Å². The van der Waals surface area contributed by atoms with Crippen LogP contribution >= 0.6 is 23.2 Å². The number of nitrogens with one attached hydrogen (secondary N) is 1. The van der Waals surface area contributed by atoms with Crippen LogP contribution in [0.1, 0.15) is 28.7 Å². The highest BCUT2D eigenvalue weighted by Crippen LogP contribution is 2.23. The number of hydrogen-bond donors (Lipinski definition) is 1. The van der Waals surface area contributed by atoms with Gasteiger partial charge in [0.1, 0.15) is 0 Å². The van der Waals surface area contributed by atoms with E-state index < -0.39 is 0 Å². The zero-order chi connectivity index (χ0) is 14.7. The van der Waals surface area contributed by atoms with Crippen molar-refractivity contribution >= 4 is 29.1 Å². The monoisotopic (exact) mass is 312 g/mol. The predicted molar refractivity (Wildman–Crippen MR) is 78.3 cm³/mol. The summed E-state index contributed by atoms with van der Waals surface area (Å²) in [6, 6.07) is 5.37. The van der Waals surface area contributed by atoms with E-state index in [1.807, 2.05) is 19.9 Å². The van der Waals surface area contributed by atoms with Gasteiger partial charge in [-0.25, -0.2) is 4.68 Å². The van der Waals surface area contributed by atoms with E-state index in [-0.39, 0.29) is 5.91 Å². The van der Waals surface area contributed by atoms with E-state index in [1.165, 1.54) is 0 Å². The smallest absolute Gasteiger partial charge is 0.273 e. The van der Waals surface area contributed by atoms with Gasteiger partial charge in [0.2, 0.25) is 0 Å². The molecule has 0 saturated carbocycles. The molecule has 1 heterocycles. The highest BCUT2D eigenvalue weighted by molar-refractivity contribution is 6.42. The SMILES string of the molecule is CCNC(=O)c1nnn(Cc2ccc(Cl)c(Cl)c2)c1C. The molecule has 0 aliphatic carbocycles. The van der Waals surface area contributed by atoms with Crippen molar-refractivity contribution in [3.05, 3.63) is 45.2 Å². The molecule has 106 valence electrons. The molecule has 0 aliphatic rings. The van der Waals surface area contributed by atoms with E-state index in [9.17, 15) is 4.79 Å². The highest BCUT2D eigenvalue weighted by Gasteiger charge is 2.15. The standard InChI is InChI=1S/C13H14Cl2N4O/c1-3-16-13(20)12-8(2)19(18-17-12)7-9-4-5-10(14)11(15)6-9/h4-6H,3,7H2,1-2H3,(H,16,20). The summed E-state index contributed by atoms with van der Waals surface area (Å²) >= 11 is 11.9. The Kier molecular flexibility index (Phi) is 4.62. The lowest BCUT2D eigenvalue weighted by Gasteiger charge is -2.05. The number of rotatable bonds is 4. The number of benzene rings is 1. The summed E-state index contributed by atoms with van der Waals surface area (Å²) in [6.07, 6.45) is 0. The molecule has 1 amide bonds. The Labute approximate surface area is 126 Å². The van der Waals surface area contributed by atoms with Gasteiger partial charge in [0.15, 0.2) is 5.69 Å². The van der Waals surface area contributed by atoms with Crippen LogP contribution in [0, 0.1) is 6.92 Å². The van der Waals surface area contributed by atoms with Crippen LogP contribution in [0.3, 0.4) is 0 Å². The largest absolute Gasteiger partial charge is 0.351 e. The van der Waals surface area contributed by atoms with Gasteiger partial charge in [-0.15, -0.1) is 5.10 Å². The van der Waals surface area contributed by atoms with Crippen molar-refractivity contribution in [2.45, 2.75) is 20.4 Å². The third-order valence-electron chi connectivity index (χ3n) is 2.85. The Morgan fingerprint density at radius 3 is 2.75 bits per heavy atom. The number of hydrogen-bond acceptors (Lipinski definition) is 3. The van der Waals surface area contributed by atoms with Crippen LogP contribution in [0.5, 0.6) is 0 Å². The van der Waals surface area contributed by atoms with E-state index in [0.717, 1.165) is 5.56 Å². The molecule has 0 radical (unpaired) electrons. The predicted octanol–water partition coefficient (Wildman–Crippen LogP) is 2.69. The third-order valence-corrected chi connectivity index (χ3v) is 3.59. The van der Waals surface area contributed by atoms with Crippen LogP contribution < -0.4 is 5.32 Å². The molecule has 7 heteroatoms. The molecule has 0 aliphatic heterocycles. The van der Waals surface area contributed by atoms with Gasteiger partial charge < -0.3 is 5.32 Å². The van der Waals surface area contributed by atoms with Crippen LogP contribution in [-0.4, -0.2) is 27.4 Å². The van der Waals surface area contributed by atoms with Crippen molar-refractivity contribution in [3.8, 4) is 0 Å². The van der Waals surface area contributed by atoms with E-state index in [1.54, 1.807) is 16.8 Å². The normalized spacial score (nSPS) is 10.6. The Hall–Kier alpha value is -1.59. The van der Waals surface area contributed by atoms with E-state index in [2.05, 4.69) is 15.6 Å². The molecule has 0 unspecified atom stereocenters. The van der Waals surface area contributed by atoms with Crippen LogP contribution in [-0.2, 0) is 6.54 Å². The Morgan fingerprint density at radius 2 is 2.10 bits per heavy atom. The lowest BCUT2D eigenvalue weighted by molar-refractivity contribution is 0.0950. The van der Waals surface area contributed by atoms with Gasteiger partial charge >= 0.3 is 0 Å². The second-order valence-electron chi connectivity index (χ2n) is 4.29. The van der Waals surface area contributed by atoms with Crippen molar-refractivity contribution < 1.29 is 4.79 Å². The first-order valence-electron chi connectivity index (χ1n) is 6.15. The van der Waals surface area contributed by atoms with E-state index in [0.29, 0.717) is 34.5 Å². The summed E-state index contributed by atoms with van der Waals surface area (Å²) in [5.74, 6) is -0.217. The van der Waals surface area contributed by atoms with Gasteiger partial charge in [0.05, 0.1) is 22.3 Å². The second-order valence-corrected chi connectivity index (χ2v) is 5.10. The molecule has 0 spiro atoms. The minimum atomic E-state index is -0.217. The lowest BCUT2D eigenvalue weighted by Crippen LogP contribution is -2.24. The molecule has 1 N–H and O–H groups in total. The summed E-state index contributed by atoms with van der Waals surface area (Å²) in [7, 11) is 0. The van der Waals surface area contributed by atoms with E-state index >= 15 is 0 Å². The Morgan fingerprint density at radius 1 is 1.35 bits per heavy atom. The molecule has 2 aromatic rings. The zero-order valence-electron chi connectivity index (χ0n) is 11.2. The second kappa shape index (κ2) is 6.24. The molecule has 5 nitrogen and oxygen atoms in total. The molecule has 0 saturated heterocycles. The fourth-order valence-corrected chi connectivity index (χ4v) is 2.10. The molecule has 20 heavy (non-hydrogen) atoms. The van der Waals surface area contributed by atoms with Crippen LogP contribution in [0.15, 0.2) is 18.2 Å². The van der Waals surface area contributed by atoms with Crippen molar-refractivity contribution in [1.82, 2.24) is 20.3 Å². The number of aromatic nitrogens is 3. The average molecular weight is 313 g/mol. The lowest BCUT2D eigenvalue weighted by atomic mass is 10.2. The maximum Gasteiger partial charge on any atom is 0.273 e. The fraction of sp³-hybridized carbons (Fsp3) is 0.308. The van der Waals surface area contributed by atoms with E-state index in [4.69, 9.17) is 23.2 Å². The van der Waals surface area contributed by atoms with Crippen molar-refractivity contribution in [2.24, 2.45) is 0 Å². The van der Waals surface area contributed by atoms with Crippen LogP contribution in [0.2, 0.25) is 10.0 Å². The minimum Gasteiger partial charge on any atom is -0.351 e. The molecule has 0 bridgehead atoms. The van der Waals surface area contributed by atoms with Gasteiger partial charge in [0.25, 0.3) is 5.91 Å². The first kappa shape index (κ1) is 14.8. The summed E-state index contributed by atoms with van der Waals surface area (Å²) < 4.78 is 1.66. The molecule has 1 aromatic carbocycles. The maximum absolute atomic E-state index is 11.8. The highest BCUT2D eigenvalue weighted by atomic mass is 35.5. The van der Waals surface area contributed by atoms with Gasteiger partial charge in [-0.1, -0.05) is 34.5 Å². The third kappa shape index (κ3) is 3.11. The van der Waals surface area contributed by atoms with Crippen molar-refractivity contribution in [2.75, 3.05) is 6.54 Å². The van der Waals surface area contributed by atoms with Crippen LogP contribution in [0.25, 0.3) is 0 Å². The summed E-state index contributed by atoms with van der Waals surface area (Å²) in [5.41, 5.74) is 1.99. The number of carbonyl (C=O) groups is 1. The topological polar surface area (TPSA) is 59.8 Å². The van der Waals surface area contributed by atoms with Crippen LogP contribution in [0.4, 0.5) is 0 Å². The van der Waals surface area contributed by atoms with Crippen molar-refractivity contribution in [3.63, 3.8) is 0 Å². The number of amides is 1. The molecule has 0 atom stereocenters. The Balaban J connectivity index is 2.22. The van der Waals surface area contributed by atoms with Crippen molar-refractivity contribution in [1.29, 1.82) is 0 Å².